The van der Waals surface area contributed by atoms with Gasteiger partial charge in [0.1, 0.15) is 0 Å². The molecule has 2 rings (SSSR count). The van der Waals surface area contributed by atoms with Gasteiger partial charge in [-0.1, -0.05) is 13.8 Å². The highest BCUT2D eigenvalue weighted by Crippen LogP contribution is 2.29. The molecule has 2 fully saturated rings. The van der Waals surface area contributed by atoms with E-state index in [1.807, 2.05) is 0 Å². The van der Waals surface area contributed by atoms with Gasteiger partial charge < -0.3 is 15.4 Å². The molecule has 1 saturated carbocycles. The van der Waals surface area contributed by atoms with Crippen LogP contribution in [-0.2, 0) is 9.53 Å². The minimum atomic E-state index is 0.171. The molecule has 1 amide bonds. The molecule has 0 spiro atoms. The molecule has 1 aliphatic carbocycles. The Hall–Kier alpha value is -0.610. The number of hydrogen-bond donors (Lipinski definition) is 2. The standard InChI is InChI=1S/C14H26N2O2/c1-10-3-4-12(7-11(10)2)16-14(17)8-13-9-18-6-5-15-13/h10-13,15H,3-9H2,1-2H3,(H,16,17). The Labute approximate surface area is 110 Å². The van der Waals surface area contributed by atoms with Crippen LogP contribution in [0.25, 0.3) is 0 Å². The summed E-state index contributed by atoms with van der Waals surface area (Å²) in [7, 11) is 0. The third-order valence-electron chi connectivity index (χ3n) is 4.39. The lowest BCUT2D eigenvalue weighted by Gasteiger charge is -2.33. The number of nitrogens with one attached hydrogen (secondary N) is 2. The summed E-state index contributed by atoms with van der Waals surface area (Å²) in [6.45, 7) is 6.88. The Kier molecular flexibility index (Phi) is 5.01. The average molecular weight is 254 g/mol. The third kappa shape index (κ3) is 3.95. The van der Waals surface area contributed by atoms with E-state index in [2.05, 4.69) is 24.5 Å². The summed E-state index contributed by atoms with van der Waals surface area (Å²) in [5, 5.41) is 6.50. The monoisotopic (exact) mass is 254 g/mol. The number of hydrogen-bond acceptors (Lipinski definition) is 3. The lowest BCUT2D eigenvalue weighted by molar-refractivity contribution is -0.123. The van der Waals surface area contributed by atoms with E-state index in [-0.39, 0.29) is 11.9 Å². The van der Waals surface area contributed by atoms with Crippen LogP contribution in [0, 0.1) is 11.8 Å². The van der Waals surface area contributed by atoms with Crippen molar-refractivity contribution in [1.82, 2.24) is 10.6 Å². The van der Waals surface area contributed by atoms with E-state index < -0.39 is 0 Å². The predicted molar refractivity (Wildman–Crippen MR) is 71.3 cm³/mol. The molecule has 2 aliphatic rings. The number of ether oxygens (including phenoxy) is 1. The first kappa shape index (κ1) is 13.8. The van der Waals surface area contributed by atoms with Crippen LogP contribution in [0.3, 0.4) is 0 Å². The summed E-state index contributed by atoms with van der Waals surface area (Å²) < 4.78 is 5.36. The van der Waals surface area contributed by atoms with Gasteiger partial charge in [-0.3, -0.25) is 4.79 Å². The van der Waals surface area contributed by atoms with Gasteiger partial charge in [0.25, 0.3) is 0 Å². The first-order valence-electron chi connectivity index (χ1n) is 7.25. The van der Waals surface area contributed by atoms with Crippen molar-refractivity contribution in [2.75, 3.05) is 19.8 Å². The fourth-order valence-electron chi connectivity index (χ4n) is 2.94. The molecule has 1 heterocycles. The summed E-state index contributed by atoms with van der Waals surface area (Å²) in [5.41, 5.74) is 0. The highest BCUT2D eigenvalue weighted by molar-refractivity contribution is 5.76. The largest absolute Gasteiger partial charge is 0.378 e. The van der Waals surface area contributed by atoms with Crippen LogP contribution >= 0.6 is 0 Å². The van der Waals surface area contributed by atoms with Crippen LogP contribution in [-0.4, -0.2) is 37.7 Å². The van der Waals surface area contributed by atoms with E-state index >= 15 is 0 Å². The van der Waals surface area contributed by atoms with Crippen LogP contribution in [0.1, 0.15) is 39.5 Å². The number of carbonyl (C=O) groups excluding carboxylic acids is 1. The van der Waals surface area contributed by atoms with Crippen molar-refractivity contribution in [2.45, 2.75) is 51.6 Å². The fraction of sp³-hybridized carbons (Fsp3) is 0.929. The van der Waals surface area contributed by atoms with Crippen LogP contribution in [0.15, 0.2) is 0 Å². The second-order valence-corrected chi connectivity index (χ2v) is 5.96. The topological polar surface area (TPSA) is 50.4 Å². The van der Waals surface area contributed by atoms with Crippen molar-refractivity contribution in [3.63, 3.8) is 0 Å². The highest BCUT2D eigenvalue weighted by Gasteiger charge is 2.26. The first-order valence-corrected chi connectivity index (χ1v) is 7.25. The van der Waals surface area contributed by atoms with Gasteiger partial charge in [-0.05, 0) is 31.1 Å². The van der Waals surface area contributed by atoms with Crippen LogP contribution in [0.5, 0.6) is 0 Å². The molecule has 0 aromatic carbocycles. The zero-order chi connectivity index (χ0) is 13.0. The predicted octanol–water partition coefficient (Wildman–Crippen LogP) is 1.31. The number of rotatable bonds is 3. The second-order valence-electron chi connectivity index (χ2n) is 5.96. The normalized spacial score (nSPS) is 37.2. The van der Waals surface area contributed by atoms with E-state index in [0.717, 1.165) is 37.8 Å². The van der Waals surface area contributed by atoms with Crippen molar-refractivity contribution in [3.05, 3.63) is 0 Å². The van der Waals surface area contributed by atoms with Crippen LogP contribution < -0.4 is 10.6 Å². The molecule has 4 atom stereocenters. The van der Waals surface area contributed by atoms with Gasteiger partial charge in [-0.2, -0.15) is 0 Å². The lowest BCUT2D eigenvalue weighted by atomic mass is 9.79. The second kappa shape index (κ2) is 6.53. The maximum absolute atomic E-state index is 12.0. The molecule has 4 unspecified atom stereocenters. The lowest BCUT2D eigenvalue weighted by Crippen LogP contribution is -2.46. The molecule has 18 heavy (non-hydrogen) atoms. The van der Waals surface area contributed by atoms with Crippen molar-refractivity contribution < 1.29 is 9.53 Å². The van der Waals surface area contributed by atoms with Crippen molar-refractivity contribution in [1.29, 1.82) is 0 Å². The smallest absolute Gasteiger partial charge is 0.221 e. The van der Waals surface area contributed by atoms with Crippen molar-refractivity contribution in [3.8, 4) is 0 Å². The van der Waals surface area contributed by atoms with E-state index in [0.29, 0.717) is 19.1 Å². The average Bonchev–Trinajstić information content (AvgIpc) is 2.35. The molecular weight excluding hydrogens is 228 g/mol. The maximum Gasteiger partial charge on any atom is 0.221 e. The molecule has 0 radical (unpaired) electrons. The maximum atomic E-state index is 12.0. The van der Waals surface area contributed by atoms with E-state index in [1.54, 1.807) is 0 Å². The van der Waals surface area contributed by atoms with E-state index in [9.17, 15) is 4.79 Å². The third-order valence-corrected chi connectivity index (χ3v) is 4.39. The fourth-order valence-corrected chi connectivity index (χ4v) is 2.94. The molecule has 0 bridgehead atoms. The summed E-state index contributed by atoms with van der Waals surface area (Å²) in [5.74, 6) is 1.69. The molecular formula is C14H26N2O2. The van der Waals surface area contributed by atoms with Gasteiger partial charge in [0.15, 0.2) is 0 Å². The molecule has 104 valence electrons. The number of carbonyl (C=O) groups is 1. The van der Waals surface area contributed by atoms with Crippen molar-refractivity contribution >= 4 is 5.91 Å². The molecule has 0 aromatic rings. The molecule has 0 aromatic heterocycles. The SMILES string of the molecule is CC1CCC(NC(=O)CC2COCCN2)CC1C. The highest BCUT2D eigenvalue weighted by atomic mass is 16.5. The molecule has 4 nitrogen and oxygen atoms in total. The minimum absolute atomic E-state index is 0.171. The molecule has 1 saturated heterocycles. The Bertz CT molecular complexity index is 277. The Morgan fingerprint density at radius 2 is 2.17 bits per heavy atom. The van der Waals surface area contributed by atoms with E-state index in [1.165, 1.54) is 6.42 Å². The Morgan fingerprint density at radius 1 is 1.33 bits per heavy atom. The number of morpholine rings is 1. The quantitative estimate of drug-likeness (QED) is 0.798. The zero-order valence-electron chi connectivity index (χ0n) is 11.6. The Balaban J connectivity index is 1.70. The van der Waals surface area contributed by atoms with E-state index in [4.69, 9.17) is 4.74 Å². The summed E-state index contributed by atoms with van der Waals surface area (Å²) in [6.07, 6.45) is 4.03. The number of amides is 1. The van der Waals surface area contributed by atoms with Gasteiger partial charge in [0.2, 0.25) is 5.91 Å². The minimum Gasteiger partial charge on any atom is -0.378 e. The van der Waals surface area contributed by atoms with Crippen LogP contribution in [0.4, 0.5) is 0 Å². The first-order chi connectivity index (χ1) is 8.65. The summed E-state index contributed by atoms with van der Waals surface area (Å²) in [6, 6.07) is 0.576. The van der Waals surface area contributed by atoms with Gasteiger partial charge in [0, 0.05) is 25.0 Å². The Morgan fingerprint density at radius 3 is 2.83 bits per heavy atom. The van der Waals surface area contributed by atoms with Gasteiger partial charge >= 0.3 is 0 Å². The van der Waals surface area contributed by atoms with Gasteiger partial charge in [0.05, 0.1) is 13.2 Å². The summed E-state index contributed by atoms with van der Waals surface area (Å²) in [4.78, 5) is 12.0. The summed E-state index contributed by atoms with van der Waals surface area (Å²) >= 11 is 0. The molecule has 4 heteroatoms. The molecule has 2 N–H and O–H groups in total. The van der Waals surface area contributed by atoms with Crippen molar-refractivity contribution in [2.24, 2.45) is 11.8 Å². The van der Waals surface area contributed by atoms with Crippen LogP contribution in [0.2, 0.25) is 0 Å². The zero-order valence-corrected chi connectivity index (χ0v) is 11.6. The van der Waals surface area contributed by atoms with Gasteiger partial charge in [-0.25, -0.2) is 0 Å². The van der Waals surface area contributed by atoms with Gasteiger partial charge in [-0.15, -0.1) is 0 Å². The molecule has 1 aliphatic heterocycles.